The van der Waals surface area contributed by atoms with Gasteiger partial charge in [-0.15, -0.1) is 0 Å². The molecule has 9 heteroatoms. The summed E-state index contributed by atoms with van der Waals surface area (Å²) in [6, 6.07) is 0. The Morgan fingerprint density at radius 3 is 0.876 bits per heavy atom. The van der Waals surface area contributed by atoms with Crippen LogP contribution in [0.15, 0.2) is 109 Å². The van der Waals surface area contributed by atoms with Crippen molar-refractivity contribution in [2.75, 3.05) is 47.5 Å². The zero-order chi connectivity index (χ0) is 70.4. The van der Waals surface area contributed by atoms with Crippen molar-refractivity contribution < 1.29 is 42.9 Å². The molecule has 560 valence electrons. The molecule has 9 nitrogen and oxygen atoms in total. The molecule has 0 saturated heterocycles. The lowest BCUT2D eigenvalue weighted by molar-refractivity contribution is -0.870. The van der Waals surface area contributed by atoms with Crippen molar-refractivity contribution in [2.24, 2.45) is 0 Å². The topological polar surface area (TPSA) is 108 Å². The molecule has 2 unspecified atom stereocenters. The number of hydrogen-bond donors (Lipinski definition) is 1. The van der Waals surface area contributed by atoms with Crippen LogP contribution >= 0.6 is 0 Å². The normalized spacial score (nSPS) is 13.2. The molecule has 0 aliphatic heterocycles. The Morgan fingerprint density at radius 2 is 0.588 bits per heavy atom. The van der Waals surface area contributed by atoms with Crippen molar-refractivity contribution in [3.63, 3.8) is 0 Å². The SMILES string of the molecule is CC/C=C\C/C=C\C/C=C\C/C=C\C/C=C\C/C=C\CCCCCCCCCCCCCCCCCCCCCCCCC(=O)OC(COC(=O)CCCCCCCCCCCCCCCCCC/C=C\C/C=C\C/C=C\CCCCCCC)COC(OCC[N+](C)(C)C)C(=O)O. The highest BCUT2D eigenvalue weighted by Gasteiger charge is 2.25. The second kappa shape index (κ2) is 77.7. The highest BCUT2D eigenvalue weighted by atomic mass is 16.7. The highest BCUT2D eigenvalue weighted by Crippen LogP contribution is 2.19. The van der Waals surface area contributed by atoms with Crippen LogP contribution in [-0.2, 0) is 33.3 Å². The molecule has 0 aromatic carbocycles. The third-order valence-electron chi connectivity index (χ3n) is 18.0. The molecule has 0 spiro atoms. The predicted molar refractivity (Wildman–Crippen MR) is 419 cm³/mol. The van der Waals surface area contributed by atoms with Crippen molar-refractivity contribution in [1.29, 1.82) is 0 Å². The van der Waals surface area contributed by atoms with Gasteiger partial charge in [0.05, 0.1) is 34.4 Å². The minimum Gasteiger partial charge on any atom is -0.477 e. The second-order valence-corrected chi connectivity index (χ2v) is 28.7. The summed E-state index contributed by atoms with van der Waals surface area (Å²) in [7, 11) is 5.99. The molecule has 0 aliphatic rings. The molecule has 0 rings (SSSR count). The Hall–Kier alpha value is -4.05. The van der Waals surface area contributed by atoms with Gasteiger partial charge in [-0.3, -0.25) is 9.59 Å². The number of rotatable bonds is 76. The smallest absolute Gasteiger partial charge is 0.361 e. The minimum absolute atomic E-state index is 0.181. The van der Waals surface area contributed by atoms with E-state index in [4.69, 9.17) is 18.9 Å². The van der Waals surface area contributed by atoms with E-state index in [0.717, 1.165) is 89.9 Å². The fraction of sp³-hybridized carbons (Fsp3) is 0.761. The van der Waals surface area contributed by atoms with E-state index in [-0.39, 0.29) is 38.2 Å². The molecule has 2 atom stereocenters. The number of likely N-dealkylation sites (N-methyl/N-ethyl adjacent to an activating group) is 1. The van der Waals surface area contributed by atoms with Gasteiger partial charge in [-0.2, -0.15) is 0 Å². The highest BCUT2D eigenvalue weighted by molar-refractivity contribution is 5.71. The lowest BCUT2D eigenvalue weighted by Crippen LogP contribution is -2.40. The second-order valence-electron chi connectivity index (χ2n) is 28.7. The van der Waals surface area contributed by atoms with Gasteiger partial charge in [-0.05, 0) is 103 Å². The average Bonchev–Trinajstić information content (AvgIpc) is 3.27. The van der Waals surface area contributed by atoms with Gasteiger partial charge in [-0.1, -0.05) is 367 Å². The molecule has 0 fully saturated rings. The largest absolute Gasteiger partial charge is 0.477 e. The van der Waals surface area contributed by atoms with E-state index < -0.39 is 18.4 Å². The van der Waals surface area contributed by atoms with Gasteiger partial charge in [0.1, 0.15) is 13.2 Å². The first-order valence-electron chi connectivity index (χ1n) is 41.1. The third kappa shape index (κ3) is 79.2. The number of carboxylic acid groups (broad SMARTS) is 1. The zero-order valence-corrected chi connectivity index (χ0v) is 64.2. The Balaban J connectivity index is 3.98. The van der Waals surface area contributed by atoms with E-state index in [1.807, 2.05) is 21.1 Å². The maximum absolute atomic E-state index is 13.0. The van der Waals surface area contributed by atoms with Crippen LogP contribution in [0.1, 0.15) is 373 Å². The first-order valence-corrected chi connectivity index (χ1v) is 41.1. The zero-order valence-electron chi connectivity index (χ0n) is 64.2. The van der Waals surface area contributed by atoms with Gasteiger partial charge < -0.3 is 28.5 Å². The number of unbranched alkanes of at least 4 members (excludes halogenated alkanes) is 43. The molecule has 1 N–H and O–H groups in total. The first kappa shape index (κ1) is 93.0. The number of allylic oxidation sites excluding steroid dienone is 18. The number of nitrogens with zero attached hydrogens (tertiary/aromatic N) is 1. The minimum atomic E-state index is -1.51. The van der Waals surface area contributed by atoms with Crippen LogP contribution in [0.25, 0.3) is 0 Å². The number of carbonyl (C=O) groups is 3. The maximum atomic E-state index is 13.0. The van der Waals surface area contributed by atoms with Crippen LogP contribution in [0.5, 0.6) is 0 Å². The van der Waals surface area contributed by atoms with Crippen LogP contribution < -0.4 is 0 Å². The lowest BCUT2D eigenvalue weighted by Gasteiger charge is -2.25. The monoisotopic (exact) mass is 1360 g/mol. The number of carbonyl (C=O) groups excluding carboxylic acids is 2. The first-order chi connectivity index (χ1) is 47.6. The quantitative estimate of drug-likeness (QED) is 0.0211. The van der Waals surface area contributed by atoms with Gasteiger partial charge in [-0.25, -0.2) is 4.79 Å². The fourth-order valence-corrected chi connectivity index (χ4v) is 11.8. The van der Waals surface area contributed by atoms with Crippen LogP contribution in [0.2, 0.25) is 0 Å². The summed E-state index contributed by atoms with van der Waals surface area (Å²) in [6.07, 6.45) is 107. The molecule has 0 amide bonds. The van der Waals surface area contributed by atoms with E-state index in [0.29, 0.717) is 17.4 Å². The lowest BCUT2D eigenvalue weighted by atomic mass is 10.0. The van der Waals surface area contributed by atoms with E-state index in [1.165, 1.54) is 257 Å². The molecular formula is C88H156NO8+. The third-order valence-corrected chi connectivity index (χ3v) is 18.0. The van der Waals surface area contributed by atoms with Crippen molar-refractivity contribution in [1.82, 2.24) is 0 Å². The van der Waals surface area contributed by atoms with Gasteiger partial charge in [0.15, 0.2) is 6.10 Å². The van der Waals surface area contributed by atoms with Gasteiger partial charge >= 0.3 is 17.9 Å². The number of esters is 2. The van der Waals surface area contributed by atoms with E-state index in [9.17, 15) is 19.5 Å². The van der Waals surface area contributed by atoms with Gasteiger partial charge in [0, 0.05) is 12.8 Å². The summed E-state index contributed by atoms with van der Waals surface area (Å²) in [4.78, 5) is 37.8. The summed E-state index contributed by atoms with van der Waals surface area (Å²) >= 11 is 0. The molecule has 0 radical (unpaired) electrons. The van der Waals surface area contributed by atoms with Crippen LogP contribution in [-0.4, -0.2) is 87.4 Å². The Kier molecular flexibility index (Phi) is 74.4. The molecule has 0 saturated carbocycles. The van der Waals surface area contributed by atoms with Crippen molar-refractivity contribution in [2.45, 2.75) is 386 Å². The Bertz CT molecular complexity index is 1970. The van der Waals surface area contributed by atoms with Gasteiger partial charge in [0.25, 0.3) is 6.29 Å². The van der Waals surface area contributed by atoms with Crippen LogP contribution in [0.3, 0.4) is 0 Å². The number of ether oxygens (including phenoxy) is 4. The molecule has 0 bridgehead atoms. The number of quaternary nitrogens is 1. The average molecular weight is 1360 g/mol. The summed E-state index contributed by atoms with van der Waals surface area (Å²) in [5.74, 6) is -1.98. The van der Waals surface area contributed by atoms with Crippen molar-refractivity contribution in [3.8, 4) is 0 Å². The van der Waals surface area contributed by atoms with Crippen LogP contribution in [0, 0.1) is 0 Å². The molecule has 97 heavy (non-hydrogen) atoms. The maximum Gasteiger partial charge on any atom is 0.361 e. The Labute approximate surface area is 600 Å². The van der Waals surface area contributed by atoms with E-state index in [2.05, 4.69) is 123 Å². The Morgan fingerprint density at radius 1 is 0.320 bits per heavy atom. The number of hydrogen-bond acceptors (Lipinski definition) is 7. The molecule has 0 aromatic rings. The standard InChI is InChI=1S/C88H155NO8/c1-6-8-10-12-14-16-18-20-22-24-26-28-30-32-34-36-38-39-40-41-42-43-44-45-46-47-49-51-53-55-57-59-61-63-65-67-69-71-73-75-77-79-86(91)97-84(83-96-88(87(92)93)94-81-80-89(3,4)5)82-95-85(90)78-76-74-72-70-68-66-64-62-60-58-56-54-52-50-48-37-35-33-31-29-27-25-23-21-19-17-15-13-11-9-7-2/h8,10,14,16,19-22,25-28,31-34,38-39,84,88H,6-7,9,11-13,15,17-18,23-24,29-30,35-37,40-83H2,1-5H3/p+1/b10-8-,16-14-,21-19-,22-20-,27-25-,28-26-,33-31-,34-32-,39-38-. The molecular weight excluding hydrogens is 1200 g/mol. The molecule has 0 aromatic heterocycles. The molecule has 0 heterocycles. The van der Waals surface area contributed by atoms with E-state index in [1.54, 1.807) is 0 Å². The van der Waals surface area contributed by atoms with Crippen LogP contribution in [0.4, 0.5) is 0 Å². The summed E-state index contributed by atoms with van der Waals surface area (Å²) in [5, 5.41) is 9.78. The van der Waals surface area contributed by atoms with Gasteiger partial charge in [0.2, 0.25) is 0 Å². The van der Waals surface area contributed by atoms with Crippen molar-refractivity contribution >= 4 is 17.9 Å². The van der Waals surface area contributed by atoms with Crippen molar-refractivity contribution in [3.05, 3.63) is 109 Å². The summed E-state index contributed by atoms with van der Waals surface area (Å²) < 4.78 is 23.1. The number of aliphatic carboxylic acids is 1. The summed E-state index contributed by atoms with van der Waals surface area (Å²) in [5.41, 5.74) is 0. The molecule has 0 aliphatic carbocycles. The number of carboxylic acids is 1. The summed E-state index contributed by atoms with van der Waals surface area (Å²) in [6.45, 7) is 4.80. The van der Waals surface area contributed by atoms with E-state index >= 15 is 0 Å². The fourth-order valence-electron chi connectivity index (χ4n) is 11.8. The predicted octanol–water partition coefficient (Wildman–Crippen LogP) is 26.5.